The molecule has 1 nitrogen and oxygen atoms in total. The van der Waals surface area contributed by atoms with Crippen LogP contribution in [-0.4, -0.2) is 4.40 Å². The number of hydrogen-bond acceptors (Lipinski definition) is 0. The van der Waals surface area contributed by atoms with Crippen LogP contribution < -0.4 is 0 Å². The Kier molecular flexibility index (Phi) is 3.19. The maximum Gasteiger partial charge on any atom is 0.0620 e. The van der Waals surface area contributed by atoms with E-state index in [9.17, 15) is 0 Å². The SMILES string of the molecule is c1ccc2cc3c(cc2c1)c1c2ccccc2c2ccccc2c1c1c2ccccc2cn31. The molecular weight excluding hydrogens is 398 g/mol. The Morgan fingerprint density at radius 2 is 0.909 bits per heavy atom. The first-order valence-electron chi connectivity index (χ1n) is 11.5. The van der Waals surface area contributed by atoms with E-state index in [-0.39, 0.29) is 0 Å². The van der Waals surface area contributed by atoms with Gasteiger partial charge in [0.25, 0.3) is 0 Å². The van der Waals surface area contributed by atoms with E-state index in [4.69, 9.17) is 0 Å². The first kappa shape index (κ1) is 17.2. The second-order valence-electron chi connectivity index (χ2n) is 8.99. The van der Waals surface area contributed by atoms with Crippen molar-refractivity contribution in [1.29, 1.82) is 0 Å². The Labute approximate surface area is 190 Å². The number of fused-ring (bicyclic) bond motifs is 14. The summed E-state index contributed by atoms with van der Waals surface area (Å²) in [5.74, 6) is 0. The molecule has 8 aromatic rings. The lowest BCUT2D eigenvalue weighted by molar-refractivity contribution is 1.30. The van der Waals surface area contributed by atoms with Gasteiger partial charge in [-0.15, -0.1) is 0 Å². The van der Waals surface area contributed by atoms with Crippen molar-refractivity contribution in [3.8, 4) is 0 Å². The van der Waals surface area contributed by atoms with Crippen molar-refractivity contribution in [2.24, 2.45) is 0 Å². The molecule has 0 amide bonds. The molecule has 2 heterocycles. The third-order valence-corrected chi connectivity index (χ3v) is 7.29. The molecule has 0 atom stereocenters. The molecule has 1 heteroatoms. The van der Waals surface area contributed by atoms with Crippen LogP contribution in [0.5, 0.6) is 0 Å². The summed E-state index contributed by atoms with van der Waals surface area (Å²) < 4.78 is 2.43. The fraction of sp³-hybridized carbons (Fsp3) is 0. The van der Waals surface area contributed by atoms with Crippen molar-refractivity contribution in [3.63, 3.8) is 0 Å². The summed E-state index contributed by atoms with van der Waals surface area (Å²) >= 11 is 0. The normalized spacial score (nSPS) is 12.2. The summed E-state index contributed by atoms with van der Waals surface area (Å²) in [6.07, 6.45) is 2.31. The fourth-order valence-electron chi connectivity index (χ4n) is 5.90. The van der Waals surface area contributed by atoms with Gasteiger partial charge in [0.2, 0.25) is 0 Å². The van der Waals surface area contributed by atoms with Crippen LogP contribution in [0.15, 0.2) is 115 Å². The Morgan fingerprint density at radius 1 is 0.394 bits per heavy atom. The standard InChI is InChI=1S/C32H19N/c1-2-10-21-18-29-28(17-20(21)9-1)30-26-15-7-5-13-24(26)25-14-6-8-16-27(25)31(30)32-23-12-4-3-11-22(23)19-33(29)32/h1-19H. The van der Waals surface area contributed by atoms with E-state index in [2.05, 4.69) is 120 Å². The summed E-state index contributed by atoms with van der Waals surface area (Å²) in [4.78, 5) is 0. The van der Waals surface area contributed by atoms with Crippen LogP contribution in [0, 0.1) is 0 Å². The minimum absolute atomic E-state index is 1.26. The predicted molar refractivity (Wildman–Crippen MR) is 142 cm³/mol. The van der Waals surface area contributed by atoms with Crippen LogP contribution in [0.1, 0.15) is 0 Å². The summed E-state index contributed by atoms with van der Waals surface area (Å²) in [5, 5.41) is 14.4. The molecule has 0 saturated heterocycles. The minimum Gasteiger partial charge on any atom is -0.315 e. The van der Waals surface area contributed by atoms with Crippen molar-refractivity contribution in [3.05, 3.63) is 115 Å². The van der Waals surface area contributed by atoms with Gasteiger partial charge in [-0.05, 0) is 44.5 Å². The molecule has 0 radical (unpaired) electrons. The van der Waals surface area contributed by atoms with Gasteiger partial charge in [0.15, 0.2) is 0 Å². The number of benzene rings is 6. The first-order valence-corrected chi connectivity index (χ1v) is 11.5. The average molecular weight is 418 g/mol. The van der Waals surface area contributed by atoms with Crippen molar-refractivity contribution in [1.82, 2.24) is 4.40 Å². The zero-order chi connectivity index (χ0) is 21.5. The molecule has 0 aliphatic carbocycles. The van der Waals surface area contributed by atoms with Gasteiger partial charge < -0.3 is 4.40 Å². The van der Waals surface area contributed by atoms with Gasteiger partial charge in [-0.1, -0.05) is 97.1 Å². The van der Waals surface area contributed by atoms with Gasteiger partial charge >= 0.3 is 0 Å². The first-order chi connectivity index (χ1) is 16.4. The zero-order valence-corrected chi connectivity index (χ0v) is 17.9. The molecule has 0 saturated carbocycles. The van der Waals surface area contributed by atoms with Crippen LogP contribution in [0.25, 0.3) is 70.3 Å². The quantitative estimate of drug-likeness (QED) is 0.171. The van der Waals surface area contributed by atoms with Crippen LogP contribution in [0.4, 0.5) is 0 Å². The van der Waals surface area contributed by atoms with E-state index in [1.807, 2.05) is 0 Å². The highest BCUT2D eigenvalue weighted by Gasteiger charge is 2.18. The van der Waals surface area contributed by atoms with Crippen LogP contribution in [-0.2, 0) is 0 Å². The van der Waals surface area contributed by atoms with E-state index in [0.717, 1.165) is 0 Å². The van der Waals surface area contributed by atoms with E-state index >= 15 is 0 Å². The molecular formula is C32H19N. The average Bonchev–Trinajstić information content (AvgIpc) is 3.27. The zero-order valence-electron chi connectivity index (χ0n) is 17.9. The van der Waals surface area contributed by atoms with Crippen molar-refractivity contribution in [2.45, 2.75) is 0 Å². The number of pyridine rings is 1. The Morgan fingerprint density at radius 3 is 1.61 bits per heavy atom. The van der Waals surface area contributed by atoms with Gasteiger partial charge in [0.05, 0.1) is 11.0 Å². The summed E-state index contributed by atoms with van der Waals surface area (Å²) in [5.41, 5.74) is 2.55. The van der Waals surface area contributed by atoms with Crippen molar-refractivity contribution < 1.29 is 0 Å². The smallest absolute Gasteiger partial charge is 0.0620 e. The predicted octanol–water partition coefficient (Wildman–Crippen LogP) is 8.86. The number of aromatic nitrogens is 1. The largest absolute Gasteiger partial charge is 0.315 e. The monoisotopic (exact) mass is 417 g/mol. The molecule has 2 aromatic heterocycles. The number of rotatable bonds is 0. The summed E-state index contributed by atoms with van der Waals surface area (Å²) in [7, 11) is 0. The van der Waals surface area contributed by atoms with Gasteiger partial charge in [-0.25, -0.2) is 0 Å². The Hall–Kier alpha value is -4.36. The Balaban J connectivity index is 1.85. The molecule has 0 bridgehead atoms. The Bertz CT molecular complexity index is 2070. The van der Waals surface area contributed by atoms with E-state index in [1.54, 1.807) is 0 Å². The second kappa shape index (κ2) is 6.11. The second-order valence-corrected chi connectivity index (χ2v) is 8.99. The molecule has 0 spiro atoms. The number of hydrogen-bond donors (Lipinski definition) is 0. The topological polar surface area (TPSA) is 4.41 Å². The third-order valence-electron chi connectivity index (χ3n) is 7.29. The lowest BCUT2D eigenvalue weighted by atomic mass is 9.91. The third kappa shape index (κ3) is 2.16. The lowest BCUT2D eigenvalue weighted by Gasteiger charge is -2.16. The molecule has 0 N–H and O–H groups in total. The maximum atomic E-state index is 2.43. The van der Waals surface area contributed by atoms with Crippen LogP contribution in [0.2, 0.25) is 0 Å². The van der Waals surface area contributed by atoms with Crippen LogP contribution >= 0.6 is 0 Å². The number of nitrogens with zero attached hydrogens (tertiary/aromatic N) is 1. The van der Waals surface area contributed by atoms with Gasteiger partial charge in [0.1, 0.15) is 0 Å². The highest BCUT2D eigenvalue weighted by molar-refractivity contribution is 6.37. The summed E-state index contributed by atoms with van der Waals surface area (Å²) in [6.45, 7) is 0. The maximum absolute atomic E-state index is 2.43. The molecule has 0 fully saturated rings. The van der Waals surface area contributed by atoms with Crippen molar-refractivity contribution >= 4 is 70.3 Å². The minimum atomic E-state index is 1.26. The van der Waals surface area contributed by atoms with E-state index < -0.39 is 0 Å². The van der Waals surface area contributed by atoms with Gasteiger partial charge in [-0.2, -0.15) is 0 Å². The fourth-order valence-corrected chi connectivity index (χ4v) is 5.90. The molecule has 0 unspecified atom stereocenters. The highest BCUT2D eigenvalue weighted by atomic mass is 14.9. The van der Waals surface area contributed by atoms with Crippen LogP contribution in [0.3, 0.4) is 0 Å². The lowest BCUT2D eigenvalue weighted by Crippen LogP contribution is -1.93. The molecule has 0 aliphatic heterocycles. The molecule has 33 heavy (non-hydrogen) atoms. The van der Waals surface area contributed by atoms with Crippen molar-refractivity contribution in [2.75, 3.05) is 0 Å². The van der Waals surface area contributed by atoms with Gasteiger partial charge in [-0.3, -0.25) is 0 Å². The molecule has 0 aliphatic rings. The molecule has 6 aromatic carbocycles. The highest BCUT2D eigenvalue weighted by Crippen LogP contribution is 2.44. The summed E-state index contributed by atoms with van der Waals surface area (Å²) in [6, 6.07) is 40.0. The van der Waals surface area contributed by atoms with E-state index in [0.29, 0.717) is 0 Å². The molecule has 8 rings (SSSR count). The molecule has 152 valence electrons. The van der Waals surface area contributed by atoms with Gasteiger partial charge in [0, 0.05) is 33.1 Å². The van der Waals surface area contributed by atoms with E-state index in [1.165, 1.54) is 70.3 Å².